The first-order valence-electron chi connectivity index (χ1n) is 6.40. The summed E-state index contributed by atoms with van der Waals surface area (Å²) in [6.07, 6.45) is 13.7. The Morgan fingerprint density at radius 1 is 1.00 bits per heavy atom. The third-order valence-corrected chi connectivity index (χ3v) is 4.14. The maximum Gasteiger partial charge on any atom is -0.0383 e. The van der Waals surface area contributed by atoms with Crippen molar-refractivity contribution >= 4 is 0 Å². The second-order valence-corrected chi connectivity index (χ2v) is 5.27. The topological polar surface area (TPSA) is 0 Å². The van der Waals surface area contributed by atoms with Crippen LogP contribution in [0.3, 0.4) is 0 Å². The molecule has 2 atom stereocenters. The monoisotopic (exact) mass is 180 g/mol. The minimum absolute atomic E-state index is 1.14. The lowest BCUT2D eigenvalue weighted by Gasteiger charge is -2.24. The standard InChI is InChI=1S/C13H24/c1-2-5-12-10-13(12)9-4-8-11-6-3-7-11/h11-13H,2-10H2,1H3. The lowest BCUT2D eigenvalue weighted by molar-refractivity contribution is 0.284. The molecule has 0 nitrogen and oxygen atoms in total. The average Bonchev–Trinajstić information content (AvgIpc) is 2.75. The Morgan fingerprint density at radius 2 is 1.77 bits per heavy atom. The molecule has 0 heterocycles. The Labute approximate surface area is 83.1 Å². The van der Waals surface area contributed by atoms with Crippen molar-refractivity contribution in [2.24, 2.45) is 17.8 Å². The zero-order valence-electron chi connectivity index (χ0n) is 9.10. The van der Waals surface area contributed by atoms with Crippen molar-refractivity contribution in [2.45, 2.75) is 64.7 Å². The van der Waals surface area contributed by atoms with Gasteiger partial charge in [-0.1, -0.05) is 58.3 Å². The number of hydrogen-bond donors (Lipinski definition) is 0. The normalized spacial score (nSPS) is 33.0. The number of hydrogen-bond acceptors (Lipinski definition) is 0. The predicted octanol–water partition coefficient (Wildman–Crippen LogP) is 4.39. The van der Waals surface area contributed by atoms with Gasteiger partial charge in [-0.3, -0.25) is 0 Å². The van der Waals surface area contributed by atoms with Gasteiger partial charge in [-0.15, -0.1) is 0 Å². The van der Waals surface area contributed by atoms with Crippen molar-refractivity contribution in [3.8, 4) is 0 Å². The van der Waals surface area contributed by atoms with Crippen LogP contribution in [0.4, 0.5) is 0 Å². The minimum Gasteiger partial charge on any atom is -0.0654 e. The van der Waals surface area contributed by atoms with Crippen LogP contribution in [0.1, 0.15) is 64.7 Å². The van der Waals surface area contributed by atoms with Gasteiger partial charge in [0.2, 0.25) is 0 Å². The summed E-state index contributed by atoms with van der Waals surface area (Å²) < 4.78 is 0. The van der Waals surface area contributed by atoms with E-state index in [9.17, 15) is 0 Å². The van der Waals surface area contributed by atoms with Crippen LogP contribution in [-0.2, 0) is 0 Å². The molecule has 0 spiro atoms. The molecule has 2 fully saturated rings. The van der Waals surface area contributed by atoms with Gasteiger partial charge in [0.15, 0.2) is 0 Å². The predicted molar refractivity (Wildman–Crippen MR) is 57.7 cm³/mol. The van der Waals surface area contributed by atoms with Crippen LogP contribution < -0.4 is 0 Å². The molecule has 0 aromatic carbocycles. The molecule has 0 amide bonds. The van der Waals surface area contributed by atoms with Crippen molar-refractivity contribution in [3.63, 3.8) is 0 Å². The highest BCUT2D eigenvalue weighted by molar-refractivity contribution is 4.85. The summed E-state index contributed by atoms with van der Waals surface area (Å²) in [4.78, 5) is 0. The van der Waals surface area contributed by atoms with E-state index in [1.165, 1.54) is 25.7 Å². The van der Waals surface area contributed by atoms with Gasteiger partial charge in [-0.05, 0) is 24.2 Å². The molecule has 76 valence electrons. The summed E-state index contributed by atoms with van der Waals surface area (Å²) in [5, 5.41) is 0. The second-order valence-electron chi connectivity index (χ2n) is 5.27. The molecule has 0 aromatic heterocycles. The molecule has 2 aliphatic carbocycles. The highest BCUT2D eigenvalue weighted by Crippen LogP contribution is 2.46. The van der Waals surface area contributed by atoms with Crippen LogP contribution in [-0.4, -0.2) is 0 Å². The second kappa shape index (κ2) is 4.48. The highest BCUT2D eigenvalue weighted by Gasteiger charge is 2.35. The first kappa shape index (κ1) is 9.55. The fourth-order valence-electron chi connectivity index (χ4n) is 2.84. The van der Waals surface area contributed by atoms with Gasteiger partial charge in [-0.25, -0.2) is 0 Å². The molecule has 0 heteroatoms. The quantitative estimate of drug-likeness (QED) is 0.568. The van der Waals surface area contributed by atoms with E-state index in [2.05, 4.69) is 6.92 Å². The van der Waals surface area contributed by atoms with Crippen LogP contribution in [0, 0.1) is 17.8 Å². The molecule has 0 bridgehead atoms. The zero-order valence-corrected chi connectivity index (χ0v) is 9.10. The molecule has 0 radical (unpaired) electrons. The fourth-order valence-corrected chi connectivity index (χ4v) is 2.84. The van der Waals surface area contributed by atoms with E-state index < -0.39 is 0 Å². The Hall–Kier alpha value is 0. The van der Waals surface area contributed by atoms with Gasteiger partial charge >= 0.3 is 0 Å². The maximum atomic E-state index is 2.32. The summed E-state index contributed by atoms with van der Waals surface area (Å²) in [7, 11) is 0. The van der Waals surface area contributed by atoms with E-state index in [0.717, 1.165) is 17.8 Å². The Bertz CT molecular complexity index is 146. The van der Waals surface area contributed by atoms with E-state index in [1.807, 2.05) is 0 Å². The summed E-state index contributed by atoms with van der Waals surface area (Å²) >= 11 is 0. The fraction of sp³-hybridized carbons (Fsp3) is 1.00. The van der Waals surface area contributed by atoms with Gasteiger partial charge in [0.1, 0.15) is 0 Å². The highest BCUT2D eigenvalue weighted by atomic mass is 14.4. The molecular weight excluding hydrogens is 156 g/mol. The van der Waals surface area contributed by atoms with Crippen LogP contribution in [0.2, 0.25) is 0 Å². The molecular formula is C13H24. The van der Waals surface area contributed by atoms with Gasteiger partial charge < -0.3 is 0 Å². The molecule has 0 aromatic rings. The summed E-state index contributed by atoms with van der Waals surface area (Å²) in [5.74, 6) is 3.44. The first-order valence-corrected chi connectivity index (χ1v) is 6.40. The molecule has 0 N–H and O–H groups in total. The van der Waals surface area contributed by atoms with Crippen molar-refractivity contribution in [1.82, 2.24) is 0 Å². The lowest BCUT2D eigenvalue weighted by atomic mass is 9.81. The van der Waals surface area contributed by atoms with Crippen LogP contribution >= 0.6 is 0 Å². The maximum absolute atomic E-state index is 2.32. The van der Waals surface area contributed by atoms with E-state index >= 15 is 0 Å². The smallest absolute Gasteiger partial charge is 0.0383 e. The zero-order chi connectivity index (χ0) is 9.10. The van der Waals surface area contributed by atoms with Gasteiger partial charge in [0, 0.05) is 0 Å². The number of rotatable bonds is 6. The molecule has 0 saturated heterocycles. The molecule has 2 rings (SSSR count). The molecule has 2 aliphatic rings. The Kier molecular flexibility index (Phi) is 3.29. The largest absolute Gasteiger partial charge is 0.0654 e. The van der Waals surface area contributed by atoms with E-state index in [0.29, 0.717) is 0 Å². The SMILES string of the molecule is CCCC1CC1CCCC1CCC1. The van der Waals surface area contributed by atoms with Crippen LogP contribution in [0.25, 0.3) is 0 Å². The minimum atomic E-state index is 1.14. The summed E-state index contributed by atoms with van der Waals surface area (Å²) in [5.41, 5.74) is 0. The third-order valence-electron chi connectivity index (χ3n) is 4.14. The van der Waals surface area contributed by atoms with E-state index in [1.54, 1.807) is 32.1 Å². The molecule has 0 aliphatic heterocycles. The summed E-state index contributed by atoms with van der Waals surface area (Å²) in [6, 6.07) is 0. The molecule has 2 saturated carbocycles. The van der Waals surface area contributed by atoms with Gasteiger partial charge in [-0.2, -0.15) is 0 Å². The van der Waals surface area contributed by atoms with Crippen LogP contribution in [0.5, 0.6) is 0 Å². The van der Waals surface area contributed by atoms with Crippen molar-refractivity contribution < 1.29 is 0 Å². The molecule has 2 unspecified atom stereocenters. The van der Waals surface area contributed by atoms with E-state index in [4.69, 9.17) is 0 Å². The Balaban J connectivity index is 1.45. The van der Waals surface area contributed by atoms with Gasteiger partial charge in [0.25, 0.3) is 0 Å². The first-order chi connectivity index (χ1) is 6.40. The average molecular weight is 180 g/mol. The van der Waals surface area contributed by atoms with Crippen LogP contribution in [0.15, 0.2) is 0 Å². The van der Waals surface area contributed by atoms with Crippen molar-refractivity contribution in [1.29, 1.82) is 0 Å². The summed E-state index contributed by atoms with van der Waals surface area (Å²) in [6.45, 7) is 2.32. The van der Waals surface area contributed by atoms with Crippen molar-refractivity contribution in [2.75, 3.05) is 0 Å². The third kappa shape index (κ3) is 2.72. The van der Waals surface area contributed by atoms with Crippen molar-refractivity contribution in [3.05, 3.63) is 0 Å². The lowest BCUT2D eigenvalue weighted by Crippen LogP contribution is -2.10. The molecule has 13 heavy (non-hydrogen) atoms. The van der Waals surface area contributed by atoms with Gasteiger partial charge in [0.05, 0.1) is 0 Å². The van der Waals surface area contributed by atoms with E-state index in [-0.39, 0.29) is 0 Å². The Morgan fingerprint density at radius 3 is 2.38 bits per heavy atom.